The Kier molecular flexibility index (Phi) is 15.3. The number of halogens is 2. The molecule has 0 saturated heterocycles. The molecule has 5 aromatic rings. The second-order valence-corrected chi connectivity index (χ2v) is 15.4. The standard InChI is InChI=1S/C27H26BrNO4.C19H18BrNO3/c1-19(31-18-20-4-10-23(30-2)11-5-20)3-8-22-9-14-25(17-29-22)33-27-15-26(16-27)32-24-12-6-21(28)7-13-24;1-13(22)2-5-15-6-9-17(12-21-15)24-19-10-18(11-19)23-16-7-3-14(20)4-8-16/h4-7,9-14,17,19,26-27H,15-16,18H2,1-2H3;3-4,6-9,12-13,18-19,22H,10-11H2,1H3. The second-order valence-electron chi connectivity index (χ2n) is 13.6. The minimum Gasteiger partial charge on any atom is -0.497 e. The summed E-state index contributed by atoms with van der Waals surface area (Å²) in [5.74, 6) is 15.7. The third kappa shape index (κ3) is 13.8. The van der Waals surface area contributed by atoms with Gasteiger partial charge in [0, 0.05) is 34.6 Å². The Morgan fingerprint density at radius 2 is 0.982 bits per heavy atom. The van der Waals surface area contributed by atoms with Crippen molar-refractivity contribution in [1.29, 1.82) is 0 Å². The number of nitrogens with zero attached hydrogens (tertiary/aromatic N) is 2. The first-order valence-corrected chi connectivity index (χ1v) is 20.3. The van der Waals surface area contributed by atoms with Crippen LogP contribution in [-0.4, -0.2) is 58.8 Å². The molecule has 2 saturated carbocycles. The Balaban J connectivity index is 0.000000203. The van der Waals surface area contributed by atoms with Gasteiger partial charge in [-0.25, -0.2) is 9.97 Å². The zero-order valence-corrected chi connectivity index (χ0v) is 35.1. The summed E-state index contributed by atoms with van der Waals surface area (Å²) in [6.45, 7) is 4.04. The number of hydrogen-bond donors (Lipinski definition) is 1. The molecular formula is C46H44Br2N2O7. The largest absolute Gasteiger partial charge is 0.497 e. The Morgan fingerprint density at radius 1 is 0.579 bits per heavy atom. The summed E-state index contributed by atoms with van der Waals surface area (Å²) in [7, 11) is 1.65. The molecule has 0 bridgehead atoms. The number of benzene rings is 3. The highest BCUT2D eigenvalue weighted by Crippen LogP contribution is 2.31. The minimum absolute atomic E-state index is 0.149. The van der Waals surface area contributed by atoms with Crippen molar-refractivity contribution in [3.8, 4) is 52.4 Å². The van der Waals surface area contributed by atoms with E-state index in [0.717, 1.165) is 68.9 Å². The summed E-state index contributed by atoms with van der Waals surface area (Å²) in [4.78, 5) is 8.60. The monoisotopic (exact) mass is 894 g/mol. The first kappa shape index (κ1) is 41.6. The van der Waals surface area contributed by atoms with Gasteiger partial charge in [0.1, 0.15) is 76.8 Å². The van der Waals surface area contributed by atoms with E-state index in [0.29, 0.717) is 18.0 Å². The molecule has 7 rings (SSSR count). The van der Waals surface area contributed by atoms with E-state index in [1.807, 2.05) is 97.9 Å². The molecule has 2 heterocycles. The average molecular weight is 897 g/mol. The highest BCUT2D eigenvalue weighted by molar-refractivity contribution is 9.10. The summed E-state index contributed by atoms with van der Waals surface area (Å²) in [6, 6.07) is 30.9. The SMILES string of the molecule is CC(O)C#Cc1ccc(OC2CC(Oc3ccc(Br)cc3)C2)cn1.COc1ccc(COC(C)C#Cc2ccc(OC3CC(Oc4ccc(Br)cc4)C3)cn2)cc1. The first-order valence-electron chi connectivity index (χ1n) is 18.7. The van der Waals surface area contributed by atoms with Crippen LogP contribution in [0.2, 0.25) is 0 Å². The van der Waals surface area contributed by atoms with Gasteiger partial charge in [0.2, 0.25) is 0 Å². The summed E-state index contributed by atoms with van der Waals surface area (Å²) in [5.41, 5.74) is 2.38. The highest BCUT2D eigenvalue weighted by Gasteiger charge is 2.33. The number of aliphatic hydroxyl groups is 1. The normalized spacial score (nSPS) is 18.8. The van der Waals surface area contributed by atoms with Crippen molar-refractivity contribution >= 4 is 31.9 Å². The zero-order chi connectivity index (χ0) is 40.0. The van der Waals surface area contributed by atoms with E-state index < -0.39 is 6.10 Å². The maximum atomic E-state index is 9.13. The molecule has 2 aliphatic carbocycles. The van der Waals surface area contributed by atoms with Crippen LogP contribution in [0.15, 0.2) is 118 Å². The summed E-state index contributed by atoms with van der Waals surface area (Å²) < 4.78 is 36.7. The van der Waals surface area contributed by atoms with Crippen LogP contribution in [-0.2, 0) is 11.3 Å². The van der Waals surface area contributed by atoms with Crippen LogP contribution in [0.3, 0.4) is 0 Å². The van der Waals surface area contributed by atoms with Gasteiger partial charge in [-0.2, -0.15) is 0 Å². The third-order valence-corrected chi connectivity index (χ3v) is 9.94. The molecule has 0 radical (unpaired) electrons. The Bertz CT molecular complexity index is 2110. The van der Waals surface area contributed by atoms with Gasteiger partial charge in [-0.1, -0.05) is 55.8 Å². The van der Waals surface area contributed by atoms with Crippen molar-refractivity contribution in [2.45, 2.75) is 82.8 Å². The molecule has 2 atom stereocenters. The lowest BCUT2D eigenvalue weighted by Crippen LogP contribution is -2.41. The minimum atomic E-state index is -0.652. The molecule has 1 N–H and O–H groups in total. The topological polar surface area (TPSA) is 101 Å². The summed E-state index contributed by atoms with van der Waals surface area (Å²) >= 11 is 6.84. The summed E-state index contributed by atoms with van der Waals surface area (Å²) in [5, 5.41) is 9.13. The second kappa shape index (κ2) is 20.9. The fourth-order valence-electron chi connectivity index (χ4n) is 5.60. The number of aliphatic hydroxyl groups excluding tert-OH is 1. The van der Waals surface area contributed by atoms with Crippen LogP contribution in [0.25, 0.3) is 0 Å². The molecule has 0 aliphatic heterocycles. The lowest BCUT2D eigenvalue weighted by atomic mass is 9.92. The summed E-state index contributed by atoms with van der Waals surface area (Å²) in [6.07, 6.45) is 6.65. The van der Waals surface area contributed by atoms with Gasteiger partial charge in [0.15, 0.2) is 0 Å². The van der Waals surface area contributed by atoms with Crippen molar-refractivity contribution in [1.82, 2.24) is 9.97 Å². The molecule has 9 nitrogen and oxygen atoms in total. The van der Waals surface area contributed by atoms with E-state index in [-0.39, 0.29) is 30.5 Å². The van der Waals surface area contributed by atoms with Crippen molar-refractivity contribution in [2.24, 2.45) is 0 Å². The van der Waals surface area contributed by atoms with Gasteiger partial charge in [-0.15, -0.1) is 0 Å². The third-order valence-electron chi connectivity index (χ3n) is 8.89. The van der Waals surface area contributed by atoms with Gasteiger partial charge < -0.3 is 33.5 Å². The molecule has 0 amide bonds. The number of pyridine rings is 2. The smallest absolute Gasteiger partial charge is 0.138 e. The quantitative estimate of drug-likeness (QED) is 0.123. The van der Waals surface area contributed by atoms with Gasteiger partial charge in [0.05, 0.1) is 26.1 Å². The van der Waals surface area contributed by atoms with Crippen LogP contribution in [0.1, 0.15) is 56.5 Å². The molecule has 57 heavy (non-hydrogen) atoms. The van der Waals surface area contributed by atoms with Gasteiger partial charge in [-0.3, -0.25) is 0 Å². The zero-order valence-electron chi connectivity index (χ0n) is 31.9. The van der Waals surface area contributed by atoms with Crippen molar-refractivity contribution in [3.05, 3.63) is 135 Å². The fraction of sp³-hybridized carbons (Fsp3) is 0.304. The van der Waals surface area contributed by atoms with Gasteiger partial charge in [-0.05, 0) is 116 Å². The maximum absolute atomic E-state index is 9.13. The van der Waals surface area contributed by atoms with Crippen molar-refractivity contribution in [3.63, 3.8) is 0 Å². The van der Waals surface area contributed by atoms with Gasteiger partial charge >= 0.3 is 0 Å². The molecule has 2 fully saturated rings. The molecule has 2 aromatic heterocycles. The predicted octanol–water partition coefficient (Wildman–Crippen LogP) is 9.36. The van der Waals surface area contributed by atoms with Crippen LogP contribution >= 0.6 is 31.9 Å². The average Bonchev–Trinajstić information content (AvgIpc) is 3.19. The fourth-order valence-corrected chi connectivity index (χ4v) is 6.13. The number of rotatable bonds is 12. The van der Waals surface area contributed by atoms with E-state index >= 15 is 0 Å². The molecule has 11 heteroatoms. The van der Waals surface area contributed by atoms with Crippen LogP contribution < -0.4 is 23.7 Å². The molecule has 0 spiro atoms. The molecule has 2 aliphatic rings. The number of ether oxygens (including phenoxy) is 6. The van der Waals surface area contributed by atoms with E-state index in [1.165, 1.54) is 0 Å². The number of hydrogen-bond acceptors (Lipinski definition) is 9. The maximum Gasteiger partial charge on any atom is 0.138 e. The van der Waals surface area contributed by atoms with Gasteiger partial charge in [0.25, 0.3) is 0 Å². The Morgan fingerprint density at radius 3 is 1.39 bits per heavy atom. The number of methoxy groups -OCH3 is 1. The van der Waals surface area contributed by atoms with E-state index in [4.69, 9.17) is 33.5 Å². The van der Waals surface area contributed by atoms with Crippen LogP contribution in [0.5, 0.6) is 28.7 Å². The predicted molar refractivity (Wildman–Crippen MR) is 226 cm³/mol. The molecule has 2 unspecified atom stereocenters. The Labute approximate surface area is 351 Å². The van der Waals surface area contributed by atoms with Crippen LogP contribution in [0, 0.1) is 23.7 Å². The van der Waals surface area contributed by atoms with E-state index in [1.54, 1.807) is 32.5 Å². The first-order chi connectivity index (χ1) is 27.6. The highest BCUT2D eigenvalue weighted by atomic mass is 79.9. The van der Waals surface area contributed by atoms with E-state index in [2.05, 4.69) is 65.5 Å². The van der Waals surface area contributed by atoms with Crippen LogP contribution in [0.4, 0.5) is 0 Å². The molecular weight excluding hydrogens is 852 g/mol. The lowest BCUT2D eigenvalue weighted by Gasteiger charge is -2.35. The Hall–Kier alpha value is -5.04. The van der Waals surface area contributed by atoms with Crippen molar-refractivity contribution < 1.29 is 33.5 Å². The lowest BCUT2D eigenvalue weighted by molar-refractivity contribution is 0.00402. The van der Waals surface area contributed by atoms with Crippen molar-refractivity contribution in [2.75, 3.05) is 7.11 Å². The molecule has 294 valence electrons. The molecule has 3 aromatic carbocycles. The number of aromatic nitrogens is 2. The van der Waals surface area contributed by atoms with E-state index in [9.17, 15) is 0 Å².